The van der Waals surface area contributed by atoms with Crippen LogP contribution in [0.1, 0.15) is 6.92 Å². The summed E-state index contributed by atoms with van der Waals surface area (Å²) in [6.45, 7) is 1.36. The van der Waals surface area contributed by atoms with E-state index in [9.17, 15) is 4.79 Å². The lowest BCUT2D eigenvalue weighted by molar-refractivity contribution is -0.137. The molecule has 4 nitrogen and oxygen atoms in total. The summed E-state index contributed by atoms with van der Waals surface area (Å²) in [5, 5.41) is 0. The van der Waals surface area contributed by atoms with Crippen LogP contribution in [0.4, 0.5) is 0 Å². The van der Waals surface area contributed by atoms with E-state index in [1.54, 1.807) is 7.11 Å². The number of hydrogen-bond acceptors (Lipinski definition) is 5. The number of carbonyl (C=O) groups is 1. The standard InChI is InChI=1S/C3H9N.C3H6O2.C2H6OS/c1-4(2)3;1-3(4)5-2;1-3-4-2/h1-3H3;1-2H3;1-2H3. The van der Waals surface area contributed by atoms with Crippen molar-refractivity contribution in [2.24, 2.45) is 0 Å². The molecule has 0 spiro atoms. The molecular formula is C8H21NO3S. The predicted molar refractivity (Wildman–Crippen MR) is 57.8 cm³/mol. The molecule has 0 saturated carbocycles. The Labute approximate surface area is 85.8 Å². The molecule has 0 aromatic carbocycles. The van der Waals surface area contributed by atoms with Crippen molar-refractivity contribution >= 4 is 18.0 Å². The third kappa shape index (κ3) is 148. The van der Waals surface area contributed by atoms with E-state index < -0.39 is 0 Å². The van der Waals surface area contributed by atoms with Crippen LogP contribution in [-0.4, -0.2) is 52.5 Å². The first-order valence-corrected chi connectivity index (χ1v) is 4.79. The fourth-order valence-electron chi connectivity index (χ4n) is 0. The van der Waals surface area contributed by atoms with E-state index in [1.165, 1.54) is 26.1 Å². The van der Waals surface area contributed by atoms with Crippen molar-refractivity contribution < 1.29 is 13.7 Å². The quantitative estimate of drug-likeness (QED) is 0.482. The Morgan fingerprint density at radius 2 is 1.38 bits per heavy atom. The van der Waals surface area contributed by atoms with Gasteiger partial charge in [0.05, 0.1) is 14.2 Å². The van der Waals surface area contributed by atoms with E-state index in [2.05, 4.69) is 8.92 Å². The van der Waals surface area contributed by atoms with E-state index in [0.717, 1.165) is 0 Å². The summed E-state index contributed by atoms with van der Waals surface area (Å²) in [5.74, 6) is -0.245. The molecule has 0 radical (unpaired) electrons. The van der Waals surface area contributed by atoms with Crippen LogP contribution in [0.2, 0.25) is 0 Å². The molecule has 0 aromatic rings. The summed E-state index contributed by atoms with van der Waals surface area (Å²) in [6.07, 6.45) is 1.88. The number of rotatable bonds is 1. The number of nitrogens with zero attached hydrogens (tertiary/aromatic N) is 1. The zero-order chi connectivity index (χ0) is 11.3. The highest BCUT2D eigenvalue weighted by molar-refractivity contribution is 7.93. The topological polar surface area (TPSA) is 38.8 Å². The fraction of sp³-hybridized carbons (Fsp3) is 0.875. The summed E-state index contributed by atoms with van der Waals surface area (Å²) < 4.78 is 8.57. The van der Waals surface area contributed by atoms with Gasteiger partial charge in [-0.05, 0) is 33.2 Å². The van der Waals surface area contributed by atoms with Gasteiger partial charge in [-0.2, -0.15) is 0 Å². The zero-order valence-electron chi connectivity index (χ0n) is 9.58. The van der Waals surface area contributed by atoms with Crippen molar-refractivity contribution in [2.45, 2.75) is 6.92 Å². The van der Waals surface area contributed by atoms with Crippen molar-refractivity contribution in [1.29, 1.82) is 0 Å². The molecule has 0 fully saturated rings. The minimum absolute atomic E-state index is 0.245. The zero-order valence-corrected chi connectivity index (χ0v) is 10.4. The molecule has 0 aliphatic rings. The van der Waals surface area contributed by atoms with Gasteiger partial charge in [0.25, 0.3) is 0 Å². The highest BCUT2D eigenvalue weighted by Gasteiger charge is 1.75. The first kappa shape index (κ1) is 18.5. The highest BCUT2D eigenvalue weighted by Crippen LogP contribution is 1.84. The second kappa shape index (κ2) is 17.7. The minimum atomic E-state index is -0.245. The third-order valence-electron chi connectivity index (χ3n) is 0.454. The number of ether oxygens (including phenoxy) is 1. The molecule has 0 amide bonds. The maximum Gasteiger partial charge on any atom is 0.302 e. The molecule has 5 heteroatoms. The highest BCUT2D eigenvalue weighted by atomic mass is 32.2. The summed E-state index contributed by atoms with van der Waals surface area (Å²) >= 11 is 1.36. The summed E-state index contributed by atoms with van der Waals surface area (Å²) in [6, 6.07) is 0. The van der Waals surface area contributed by atoms with Crippen LogP contribution in [0.5, 0.6) is 0 Å². The van der Waals surface area contributed by atoms with Gasteiger partial charge in [-0.1, -0.05) is 0 Å². The smallest absolute Gasteiger partial charge is 0.302 e. The maximum absolute atomic E-state index is 9.59. The number of methoxy groups -OCH3 is 1. The summed E-state index contributed by atoms with van der Waals surface area (Å²) in [4.78, 5) is 11.6. The Morgan fingerprint density at radius 3 is 1.38 bits per heavy atom. The van der Waals surface area contributed by atoms with Crippen LogP contribution < -0.4 is 0 Å². The van der Waals surface area contributed by atoms with E-state index in [1.807, 2.05) is 32.3 Å². The largest absolute Gasteiger partial charge is 0.469 e. The van der Waals surface area contributed by atoms with E-state index >= 15 is 0 Å². The molecule has 0 aliphatic heterocycles. The Kier molecular flexibility index (Phi) is 25.2. The molecule has 0 bridgehead atoms. The normalized spacial score (nSPS) is 7.69. The second-order valence-corrected chi connectivity index (χ2v) is 3.04. The van der Waals surface area contributed by atoms with Gasteiger partial charge < -0.3 is 13.8 Å². The van der Waals surface area contributed by atoms with Gasteiger partial charge in [0.2, 0.25) is 0 Å². The molecule has 0 unspecified atom stereocenters. The fourth-order valence-corrected chi connectivity index (χ4v) is 0. The van der Waals surface area contributed by atoms with Gasteiger partial charge in [0.1, 0.15) is 0 Å². The molecule has 0 atom stereocenters. The molecule has 82 valence electrons. The van der Waals surface area contributed by atoms with E-state index in [0.29, 0.717) is 0 Å². The Balaban J connectivity index is -0.000000117. The number of hydrogen-bond donors (Lipinski definition) is 0. The van der Waals surface area contributed by atoms with Crippen molar-refractivity contribution in [2.75, 3.05) is 41.6 Å². The second-order valence-electron chi connectivity index (χ2n) is 2.37. The third-order valence-corrected chi connectivity index (χ3v) is 0.787. The lowest BCUT2D eigenvalue weighted by atomic mass is 10.8. The van der Waals surface area contributed by atoms with Crippen molar-refractivity contribution in [3.05, 3.63) is 0 Å². The molecule has 0 heterocycles. The molecular weight excluding hydrogens is 190 g/mol. The maximum atomic E-state index is 9.59. The molecule has 0 aliphatic carbocycles. The van der Waals surface area contributed by atoms with Gasteiger partial charge in [-0.15, -0.1) is 0 Å². The van der Waals surface area contributed by atoms with Crippen LogP contribution in [0.3, 0.4) is 0 Å². The van der Waals surface area contributed by atoms with Crippen molar-refractivity contribution in [1.82, 2.24) is 4.90 Å². The first-order valence-electron chi connectivity index (χ1n) is 3.64. The number of carbonyl (C=O) groups excluding carboxylic acids is 1. The molecule has 0 aromatic heterocycles. The van der Waals surface area contributed by atoms with Crippen molar-refractivity contribution in [3.8, 4) is 0 Å². The Bertz CT molecular complexity index is 94.6. The van der Waals surface area contributed by atoms with Gasteiger partial charge in [-0.25, -0.2) is 0 Å². The van der Waals surface area contributed by atoms with Gasteiger partial charge in [0.15, 0.2) is 0 Å². The Morgan fingerprint density at radius 1 is 1.23 bits per heavy atom. The molecule has 0 saturated heterocycles. The summed E-state index contributed by atoms with van der Waals surface area (Å²) in [5.41, 5.74) is 0. The average molecular weight is 211 g/mol. The van der Waals surface area contributed by atoms with Crippen LogP contribution >= 0.6 is 12.0 Å². The van der Waals surface area contributed by atoms with Gasteiger partial charge in [-0.3, -0.25) is 4.79 Å². The monoisotopic (exact) mass is 211 g/mol. The molecule has 0 N–H and O–H groups in total. The average Bonchev–Trinajstić information content (AvgIpc) is 2.04. The van der Waals surface area contributed by atoms with E-state index in [4.69, 9.17) is 0 Å². The van der Waals surface area contributed by atoms with Crippen LogP contribution in [0.25, 0.3) is 0 Å². The molecule has 0 rings (SSSR count). The van der Waals surface area contributed by atoms with Crippen molar-refractivity contribution in [3.63, 3.8) is 0 Å². The predicted octanol–water partition coefficient (Wildman–Crippen LogP) is 1.27. The SMILES string of the molecule is CN(C)C.COC(C)=O.COSC. The first-order chi connectivity index (χ1) is 5.92. The van der Waals surface area contributed by atoms with Crippen LogP contribution in [0, 0.1) is 0 Å². The van der Waals surface area contributed by atoms with Crippen LogP contribution in [-0.2, 0) is 13.7 Å². The van der Waals surface area contributed by atoms with Gasteiger partial charge >= 0.3 is 5.97 Å². The number of esters is 1. The summed E-state index contributed by atoms with van der Waals surface area (Å²) in [7, 11) is 8.99. The van der Waals surface area contributed by atoms with E-state index in [-0.39, 0.29) is 5.97 Å². The minimum Gasteiger partial charge on any atom is -0.469 e. The lowest BCUT2D eigenvalue weighted by Crippen LogP contribution is -1.99. The lowest BCUT2D eigenvalue weighted by Gasteiger charge is -1.90. The van der Waals surface area contributed by atoms with Gasteiger partial charge in [0, 0.05) is 13.2 Å². The molecule has 13 heavy (non-hydrogen) atoms. The van der Waals surface area contributed by atoms with Crippen LogP contribution in [0.15, 0.2) is 0 Å². The Hall–Kier alpha value is -0.260.